The minimum atomic E-state index is -0.239. The van der Waals surface area contributed by atoms with Gasteiger partial charge in [-0.15, -0.1) is 0 Å². The number of anilines is 1. The van der Waals surface area contributed by atoms with Gasteiger partial charge in [0.1, 0.15) is 0 Å². The number of benzene rings is 2. The summed E-state index contributed by atoms with van der Waals surface area (Å²) in [7, 11) is 0. The van der Waals surface area contributed by atoms with Crippen molar-refractivity contribution in [2.75, 3.05) is 5.32 Å². The first kappa shape index (κ1) is 18.1. The van der Waals surface area contributed by atoms with E-state index in [1.807, 2.05) is 25.1 Å². The van der Waals surface area contributed by atoms with Crippen molar-refractivity contribution < 1.29 is 9.59 Å². The van der Waals surface area contributed by atoms with Crippen LogP contribution in [0, 0.1) is 12.8 Å². The second-order valence-electron chi connectivity index (χ2n) is 6.93. The summed E-state index contributed by atoms with van der Waals surface area (Å²) >= 11 is 12.5. The van der Waals surface area contributed by atoms with E-state index in [2.05, 4.69) is 10.3 Å². The number of halogens is 2. The van der Waals surface area contributed by atoms with Crippen LogP contribution in [0.4, 0.5) is 5.69 Å². The molecular formula is C21H18Cl2N2O2. The highest BCUT2D eigenvalue weighted by Crippen LogP contribution is 2.33. The van der Waals surface area contributed by atoms with Crippen LogP contribution in [0.2, 0.25) is 10.0 Å². The average molecular weight is 401 g/mol. The van der Waals surface area contributed by atoms with Gasteiger partial charge in [0.15, 0.2) is 5.78 Å². The predicted molar refractivity (Wildman–Crippen MR) is 109 cm³/mol. The Morgan fingerprint density at radius 3 is 2.41 bits per heavy atom. The molecule has 0 unspecified atom stereocenters. The highest BCUT2D eigenvalue weighted by atomic mass is 35.5. The Morgan fingerprint density at radius 1 is 1.07 bits per heavy atom. The molecule has 1 aromatic heterocycles. The van der Waals surface area contributed by atoms with E-state index in [9.17, 15) is 9.59 Å². The van der Waals surface area contributed by atoms with Crippen LogP contribution in [-0.4, -0.2) is 16.7 Å². The van der Waals surface area contributed by atoms with Crippen LogP contribution in [0.25, 0.3) is 10.9 Å². The lowest BCUT2D eigenvalue weighted by atomic mass is 9.85. The van der Waals surface area contributed by atoms with Gasteiger partial charge in [-0.05, 0) is 50.1 Å². The van der Waals surface area contributed by atoms with Gasteiger partial charge in [0.2, 0.25) is 5.91 Å². The molecule has 0 atom stereocenters. The van der Waals surface area contributed by atoms with Gasteiger partial charge in [-0.2, -0.15) is 0 Å². The number of carbonyl (C=O) groups excluding carboxylic acids is 2. The number of nitrogens with one attached hydrogen (secondary N) is 2. The molecule has 0 radical (unpaired) electrons. The van der Waals surface area contributed by atoms with Crippen molar-refractivity contribution in [3.63, 3.8) is 0 Å². The Bertz CT molecular complexity index is 1050. The first-order valence-corrected chi connectivity index (χ1v) is 9.63. The summed E-state index contributed by atoms with van der Waals surface area (Å²) < 4.78 is 0. The van der Waals surface area contributed by atoms with Gasteiger partial charge in [0, 0.05) is 28.2 Å². The molecule has 1 amide bonds. The first-order valence-electron chi connectivity index (χ1n) is 8.87. The molecule has 27 heavy (non-hydrogen) atoms. The summed E-state index contributed by atoms with van der Waals surface area (Å²) in [5.74, 6) is -0.108. The SMILES string of the molecule is Cc1[nH]c2ccc(NC(=O)C3CCC3)cc2c1C(=O)c1c(Cl)cccc1Cl. The summed E-state index contributed by atoms with van der Waals surface area (Å²) in [6.07, 6.45) is 2.98. The number of hydrogen-bond donors (Lipinski definition) is 2. The number of amides is 1. The number of ketones is 1. The van der Waals surface area contributed by atoms with E-state index in [4.69, 9.17) is 23.2 Å². The molecule has 1 aliphatic carbocycles. The highest BCUT2D eigenvalue weighted by molar-refractivity contribution is 6.41. The molecule has 2 N–H and O–H groups in total. The molecule has 3 aromatic rings. The second kappa shape index (κ2) is 7.02. The Morgan fingerprint density at radius 2 is 1.78 bits per heavy atom. The first-order chi connectivity index (χ1) is 13.0. The molecule has 0 spiro atoms. The van der Waals surface area contributed by atoms with E-state index in [-0.39, 0.29) is 23.2 Å². The van der Waals surface area contributed by atoms with Gasteiger partial charge in [-0.3, -0.25) is 9.59 Å². The van der Waals surface area contributed by atoms with Crippen LogP contribution < -0.4 is 5.32 Å². The van der Waals surface area contributed by atoms with Crippen molar-refractivity contribution in [2.24, 2.45) is 5.92 Å². The smallest absolute Gasteiger partial charge is 0.227 e. The molecule has 4 nitrogen and oxygen atoms in total. The molecule has 6 heteroatoms. The molecular weight excluding hydrogens is 383 g/mol. The van der Waals surface area contributed by atoms with Crippen molar-refractivity contribution in [2.45, 2.75) is 26.2 Å². The van der Waals surface area contributed by atoms with E-state index in [1.54, 1.807) is 18.2 Å². The largest absolute Gasteiger partial charge is 0.358 e. The Hall–Kier alpha value is -2.30. The Kier molecular flexibility index (Phi) is 4.70. The van der Waals surface area contributed by atoms with Gasteiger partial charge < -0.3 is 10.3 Å². The van der Waals surface area contributed by atoms with E-state index in [1.165, 1.54) is 0 Å². The maximum absolute atomic E-state index is 13.2. The van der Waals surface area contributed by atoms with Crippen LogP contribution in [-0.2, 0) is 4.79 Å². The third kappa shape index (κ3) is 3.24. The molecule has 1 aliphatic rings. The number of rotatable bonds is 4. The normalized spacial score (nSPS) is 14.2. The number of H-pyrrole nitrogens is 1. The van der Waals surface area contributed by atoms with Crippen LogP contribution in [0.3, 0.4) is 0 Å². The average Bonchev–Trinajstić information content (AvgIpc) is 2.88. The topological polar surface area (TPSA) is 62.0 Å². The van der Waals surface area contributed by atoms with E-state index >= 15 is 0 Å². The van der Waals surface area contributed by atoms with Gasteiger partial charge in [0.05, 0.1) is 21.2 Å². The molecule has 0 saturated heterocycles. The summed E-state index contributed by atoms with van der Waals surface area (Å²) in [5.41, 5.74) is 3.03. The fraction of sp³-hybridized carbons (Fsp3) is 0.238. The quantitative estimate of drug-likeness (QED) is 0.547. The number of carbonyl (C=O) groups is 2. The Labute approximate surface area is 166 Å². The molecule has 4 rings (SSSR count). The van der Waals surface area contributed by atoms with Crippen LogP contribution >= 0.6 is 23.2 Å². The lowest BCUT2D eigenvalue weighted by Crippen LogP contribution is -2.27. The molecule has 0 aliphatic heterocycles. The zero-order valence-corrected chi connectivity index (χ0v) is 16.2. The molecule has 1 saturated carbocycles. The fourth-order valence-corrected chi connectivity index (χ4v) is 4.02. The minimum Gasteiger partial charge on any atom is -0.358 e. The molecule has 1 heterocycles. The molecule has 0 bridgehead atoms. The van der Waals surface area contributed by atoms with E-state index in [0.717, 1.165) is 35.9 Å². The van der Waals surface area contributed by atoms with Crippen molar-refractivity contribution in [3.8, 4) is 0 Å². The summed E-state index contributed by atoms with van der Waals surface area (Å²) in [6, 6.07) is 10.5. The van der Waals surface area contributed by atoms with Crippen LogP contribution in [0.15, 0.2) is 36.4 Å². The lowest BCUT2D eigenvalue weighted by molar-refractivity contribution is -0.122. The van der Waals surface area contributed by atoms with Crippen LogP contribution in [0.5, 0.6) is 0 Å². The van der Waals surface area contributed by atoms with Crippen molar-refractivity contribution >= 4 is 51.5 Å². The summed E-state index contributed by atoms with van der Waals surface area (Å²) in [4.78, 5) is 28.7. The fourth-order valence-electron chi connectivity index (χ4n) is 3.45. The maximum Gasteiger partial charge on any atom is 0.227 e. The third-order valence-electron chi connectivity index (χ3n) is 5.15. The molecule has 1 fully saturated rings. The van der Waals surface area contributed by atoms with E-state index in [0.29, 0.717) is 21.3 Å². The van der Waals surface area contributed by atoms with E-state index < -0.39 is 0 Å². The van der Waals surface area contributed by atoms with Crippen molar-refractivity contribution in [1.29, 1.82) is 0 Å². The van der Waals surface area contributed by atoms with Gasteiger partial charge >= 0.3 is 0 Å². The number of aromatic amines is 1. The Balaban J connectivity index is 1.76. The third-order valence-corrected chi connectivity index (χ3v) is 5.78. The summed E-state index contributed by atoms with van der Waals surface area (Å²) in [5, 5.41) is 4.32. The highest BCUT2D eigenvalue weighted by Gasteiger charge is 2.26. The summed E-state index contributed by atoms with van der Waals surface area (Å²) in [6.45, 7) is 1.84. The molecule has 138 valence electrons. The number of aromatic nitrogens is 1. The van der Waals surface area contributed by atoms with Crippen LogP contribution in [0.1, 0.15) is 40.9 Å². The number of fused-ring (bicyclic) bond motifs is 1. The zero-order valence-electron chi connectivity index (χ0n) is 14.7. The van der Waals surface area contributed by atoms with Crippen molar-refractivity contribution in [1.82, 2.24) is 4.98 Å². The predicted octanol–water partition coefficient (Wildman–Crippen LogP) is 5.75. The zero-order chi connectivity index (χ0) is 19.1. The number of aryl methyl sites for hydroxylation is 1. The minimum absolute atomic E-state index is 0.0369. The molecule has 2 aromatic carbocycles. The van der Waals surface area contributed by atoms with Gasteiger partial charge in [-0.25, -0.2) is 0 Å². The van der Waals surface area contributed by atoms with Gasteiger partial charge in [-0.1, -0.05) is 35.7 Å². The number of hydrogen-bond acceptors (Lipinski definition) is 2. The second-order valence-corrected chi connectivity index (χ2v) is 7.74. The van der Waals surface area contributed by atoms with Gasteiger partial charge in [0.25, 0.3) is 0 Å². The standard InChI is InChI=1S/C21H18Cl2N2O2/c1-11-18(20(26)19-15(22)6-3-7-16(19)23)14-10-13(8-9-17(14)24-11)25-21(27)12-4-2-5-12/h3,6-10,12,24H,2,4-5H2,1H3,(H,25,27). The maximum atomic E-state index is 13.2. The van der Waals surface area contributed by atoms with Crippen molar-refractivity contribution in [3.05, 3.63) is 63.3 Å². The lowest BCUT2D eigenvalue weighted by Gasteiger charge is -2.24. The monoisotopic (exact) mass is 400 g/mol.